The molecule has 0 saturated heterocycles. The van der Waals surface area contributed by atoms with Gasteiger partial charge in [0.25, 0.3) is 0 Å². The minimum absolute atomic E-state index is 0.0627. The summed E-state index contributed by atoms with van der Waals surface area (Å²) < 4.78 is 87.9. The van der Waals surface area contributed by atoms with E-state index < -0.39 is 47.9 Å². The van der Waals surface area contributed by atoms with Crippen LogP contribution in [-0.4, -0.2) is 23.3 Å². The third-order valence-corrected chi connectivity index (χ3v) is 4.67. The van der Waals surface area contributed by atoms with Crippen LogP contribution < -0.4 is 14.8 Å². The Kier molecular flexibility index (Phi) is 5.68. The van der Waals surface area contributed by atoms with Crippen LogP contribution in [0.2, 0.25) is 0 Å². The molecule has 156 valence electrons. The molecule has 0 amide bonds. The fourth-order valence-electron chi connectivity index (χ4n) is 2.68. The maximum absolute atomic E-state index is 14.4. The lowest BCUT2D eigenvalue weighted by Gasteiger charge is -2.35. The molecule has 3 rings (SSSR count). The average molecular weight is 485 g/mol. The van der Waals surface area contributed by atoms with Gasteiger partial charge in [-0.2, -0.15) is 22.0 Å². The Hall–Kier alpha value is -2.47. The molecule has 0 spiro atoms. The second-order valence-corrected chi connectivity index (χ2v) is 6.71. The van der Waals surface area contributed by atoms with Crippen LogP contribution in [0.5, 0.6) is 11.5 Å². The number of alkyl halides is 5. The van der Waals surface area contributed by atoms with E-state index in [-0.39, 0.29) is 15.8 Å². The van der Waals surface area contributed by atoms with Crippen LogP contribution in [0, 0.1) is 5.82 Å². The lowest BCUT2D eigenvalue weighted by molar-refractivity contribution is -0.138. The number of hydrogen-bond donors (Lipinski definition) is 2. The van der Waals surface area contributed by atoms with E-state index in [1.165, 1.54) is 18.2 Å². The molecule has 2 aromatic rings. The van der Waals surface area contributed by atoms with E-state index >= 15 is 0 Å². The number of benzene rings is 1. The maximum atomic E-state index is 14.4. The van der Waals surface area contributed by atoms with Crippen LogP contribution in [-0.2, 0) is 11.7 Å². The number of pyridine rings is 1. The number of aliphatic hydroxyl groups is 1. The number of aromatic nitrogens is 1. The van der Waals surface area contributed by atoms with E-state index in [9.17, 15) is 31.4 Å². The predicted octanol–water partition coefficient (Wildman–Crippen LogP) is 4.81. The van der Waals surface area contributed by atoms with Gasteiger partial charge in [-0.05, 0) is 34.1 Å². The number of hydrogen-bond acceptors (Lipinski definition) is 5. The highest BCUT2D eigenvalue weighted by atomic mass is 79.9. The van der Waals surface area contributed by atoms with Gasteiger partial charge in [-0.15, -0.1) is 0 Å². The molecule has 29 heavy (non-hydrogen) atoms. The zero-order valence-electron chi connectivity index (χ0n) is 14.1. The van der Waals surface area contributed by atoms with E-state index in [0.29, 0.717) is 12.3 Å². The van der Waals surface area contributed by atoms with Crippen molar-refractivity contribution in [3.63, 3.8) is 0 Å². The molecule has 2 heterocycles. The van der Waals surface area contributed by atoms with Crippen molar-refractivity contribution in [1.29, 1.82) is 0 Å². The van der Waals surface area contributed by atoms with E-state index in [4.69, 9.17) is 4.74 Å². The van der Waals surface area contributed by atoms with Crippen molar-refractivity contribution >= 4 is 21.7 Å². The monoisotopic (exact) mass is 484 g/mol. The molecule has 1 atom stereocenters. The van der Waals surface area contributed by atoms with E-state index in [0.717, 1.165) is 6.26 Å². The fourth-order valence-corrected chi connectivity index (χ4v) is 3.00. The molecule has 0 unspecified atom stereocenters. The Morgan fingerprint density at radius 1 is 1.31 bits per heavy atom. The number of aliphatic hydroxyl groups excluding tert-OH is 1. The highest BCUT2D eigenvalue weighted by Gasteiger charge is 2.39. The third kappa shape index (κ3) is 4.13. The van der Waals surface area contributed by atoms with Gasteiger partial charge in [0.15, 0.2) is 23.1 Å². The molecular weight excluding hydrogens is 474 g/mol. The highest BCUT2D eigenvalue weighted by Crippen LogP contribution is 2.43. The van der Waals surface area contributed by atoms with E-state index in [1.54, 1.807) is 0 Å². The van der Waals surface area contributed by atoms with Crippen molar-refractivity contribution in [2.24, 2.45) is 0 Å². The van der Waals surface area contributed by atoms with Gasteiger partial charge in [-0.1, -0.05) is 6.07 Å². The number of nitrogens with one attached hydrogen (secondary N) is 1. The van der Waals surface area contributed by atoms with Gasteiger partial charge in [0, 0.05) is 11.8 Å². The summed E-state index contributed by atoms with van der Waals surface area (Å²) in [7, 11) is 0. The van der Waals surface area contributed by atoms with Crippen LogP contribution in [0.1, 0.15) is 11.1 Å². The number of nitrogens with zero attached hydrogens (tertiary/aromatic N) is 1. The quantitative estimate of drug-likeness (QED) is 0.596. The van der Waals surface area contributed by atoms with E-state index in [2.05, 4.69) is 31.0 Å². The summed E-state index contributed by atoms with van der Waals surface area (Å²) in [6, 6.07) is 3.05. The lowest BCUT2D eigenvalue weighted by atomic mass is 9.88. The summed E-state index contributed by atoms with van der Waals surface area (Å²) in [5, 5.41) is 12.5. The minimum Gasteiger partial charge on any atom is -0.462 e. The van der Waals surface area contributed by atoms with Gasteiger partial charge in [0.1, 0.15) is 5.54 Å². The zero-order chi connectivity index (χ0) is 21.4. The second kappa shape index (κ2) is 7.75. The molecule has 12 heteroatoms. The lowest BCUT2D eigenvalue weighted by Crippen LogP contribution is -2.40. The first-order chi connectivity index (χ1) is 13.6. The van der Waals surface area contributed by atoms with Gasteiger partial charge >= 0.3 is 12.8 Å². The molecule has 5 nitrogen and oxygen atoms in total. The van der Waals surface area contributed by atoms with Crippen LogP contribution >= 0.6 is 15.9 Å². The molecule has 1 aromatic heterocycles. The van der Waals surface area contributed by atoms with Crippen molar-refractivity contribution in [2.45, 2.75) is 18.3 Å². The number of halogens is 7. The van der Waals surface area contributed by atoms with Crippen LogP contribution in [0.15, 0.2) is 41.2 Å². The largest absolute Gasteiger partial charge is 0.462 e. The van der Waals surface area contributed by atoms with Crippen molar-refractivity contribution in [2.75, 3.05) is 11.9 Å². The van der Waals surface area contributed by atoms with Crippen molar-refractivity contribution < 1.29 is 40.9 Å². The van der Waals surface area contributed by atoms with Crippen LogP contribution in [0.25, 0.3) is 0 Å². The number of rotatable bonds is 5. The molecule has 0 fully saturated rings. The van der Waals surface area contributed by atoms with E-state index in [1.807, 2.05) is 0 Å². The molecule has 1 aromatic carbocycles. The standard InChI is InChI=1S/C17H11BrF6N2O3/c18-10-2-1-9-13(12(10)19)28-4-3-16(9,7-27)26-14-11(29-15(20)21)5-8(6-25-14)17(22,23)24/h1-6,15,27H,7H2,(H,25,26)/t16-/m1/s1. The minimum atomic E-state index is -4.85. The first kappa shape index (κ1) is 21.2. The summed E-state index contributed by atoms with van der Waals surface area (Å²) >= 11 is 2.98. The number of fused-ring (bicyclic) bond motifs is 1. The number of ether oxygens (including phenoxy) is 2. The summed E-state index contributed by atoms with van der Waals surface area (Å²) in [5.41, 5.74) is -2.88. The van der Waals surface area contributed by atoms with Crippen LogP contribution in [0.3, 0.4) is 0 Å². The summed E-state index contributed by atoms with van der Waals surface area (Å²) in [4.78, 5) is 3.52. The topological polar surface area (TPSA) is 63.6 Å². The van der Waals surface area contributed by atoms with Gasteiger partial charge in [-0.3, -0.25) is 0 Å². The maximum Gasteiger partial charge on any atom is 0.418 e. The zero-order valence-corrected chi connectivity index (χ0v) is 15.7. The molecule has 1 aliphatic heterocycles. The fraction of sp³-hybridized carbons (Fsp3) is 0.235. The molecule has 1 aliphatic rings. The van der Waals surface area contributed by atoms with Crippen molar-refractivity contribution in [1.82, 2.24) is 4.98 Å². The average Bonchev–Trinajstić information content (AvgIpc) is 2.65. The second-order valence-electron chi connectivity index (χ2n) is 5.86. The van der Waals surface area contributed by atoms with Gasteiger partial charge in [0.2, 0.25) is 0 Å². The van der Waals surface area contributed by atoms with Gasteiger partial charge in [0.05, 0.1) is 22.9 Å². The number of anilines is 1. The molecule has 0 bridgehead atoms. The van der Waals surface area contributed by atoms with Gasteiger partial charge < -0.3 is 19.9 Å². The Balaban J connectivity index is 2.09. The summed E-state index contributed by atoms with van der Waals surface area (Å²) in [6.45, 7) is -4.17. The third-order valence-electron chi connectivity index (χ3n) is 4.06. The summed E-state index contributed by atoms with van der Waals surface area (Å²) in [6.07, 6.45) is -2.15. The highest BCUT2D eigenvalue weighted by molar-refractivity contribution is 9.10. The Labute approximate surface area is 168 Å². The van der Waals surface area contributed by atoms with Gasteiger partial charge in [-0.25, -0.2) is 9.37 Å². The first-order valence-corrected chi connectivity index (χ1v) is 8.60. The predicted molar refractivity (Wildman–Crippen MR) is 92.1 cm³/mol. The van der Waals surface area contributed by atoms with Crippen LogP contribution in [0.4, 0.5) is 32.2 Å². The van der Waals surface area contributed by atoms with Crippen molar-refractivity contribution in [3.8, 4) is 11.5 Å². The Morgan fingerprint density at radius 2 is 2.03 bits per heavy atom. The molecule has 0 aliphatic carbocycles. The molecule has 0 saturated carbocycles. The SMILES string of the molecule is OC[C@]1(Nc2ncc(C(F)(F)F)cc2OC(F)F)C=COc2c1ccc(Br)c2F. The Morgan fingerprint density at radius 3 is 2.66 bits per heavy atom. The molecular formula is C17H11BrF6N2O3. The normalized spacial score (nSPS) is 18.4. The smallest absolute Gasteiger partial charge is 0.418 e. The van der Waals surface area contributed by atoms with Crippen molar-refractivity contribution in [3.05, 3.63) is 58.2 Å². The summed E-state index contributed by atoms with van der Waals surface area (Å²) in [5.74, 6) is -2.49. The Bertz CT molecular complexity index is 953. The molecule has 2 N–H and O–H groups in total. The molecule has 0 radical (unpaired) electrons. The first-order valence-electron chi connectivity index (χ1n) is 7.81.